The van der Waals surface area contributed by atoms with Crippen molar-refractivity contribution in [3.05, 3.63) is 77.9 Å². The van der Waals surface area contributed by atoms with Gasteiger partial charge in [0.25, 0.3) is 11.8 Å². The van der Waals surface area contributed by atoms with Gasteiger partial charge in [0.1, 0.15) is 5.75 Å². The number of benzene rings is 3. The average Bonchev–Trinajstić information content (AvgIpc) is 2.88. The summed E-state index contributed by atoms with van der Waals surface area (Å²) in [4.78, 5) is 28.7. The molecule has 152 valence electrons. The Balaban J connectivity index is 1.66. The number of thioether (sulfide) groups is 1. The van der Waals surface area contributed by atoms with Crippen LogP contribution in [0.2, 0.25) is 0 Å². The minimum Gasteiger partial charge on any atom is -0.454 e. The first-order valence-corrected chi connectivity index (χ1v) is 10.9. The van der Waals surface area contributed by atoms with Crippen LogP contribution in [-0.2, 0) is 0 Å². The number of rotatable bonds is 5. The predicted octanol–water partition coefficient (Wildman–Crippen LogP) is 5.82. The SMILES string of the molecule is CCSc1ccccc1C(=O)Nc1ccc2c(c1)C(=O)N(CC)c1ccccc1O2. The van der Waals surface area contributed by atoms with E-state index in [4.69, 9.17) is 4.74 Å². The van der Waals surface area contributed by atoms with Gasteiger partial charge in [0.15, 0.2) is 5.75 Å². The third-order valence-corrected chi connectivity index (χ3v) is 5.79. The molecule has 1 aliphatic heterocycles. The highest BCUT2D eigenvalue weighted by Gasteiger charge is 2.27. The molecule has 6 heteroatoms. The largest absolute Gasteiger partial charge is 0.454 e. The van der Waals surface area contributed by atoms with Crippen molar-refractivity contribution >= 4 is 35.0 Å². The Morgan fingerprint density at radius 1 is 1.00 bits per heavy atom. The summed E-state index contributed by atoms with van der Waals surface area (Å²) in [7, 11) is 0. The van der Waals surface area contributed by atoms with Gasteiger partial charge in [-0.3, -0.25) is 9.59 Å². The molecule has 3 aromatic carbocycles. The monoisotopic (exact) mass is 418 g/mol. The Kier molecular flexibility index (Phi) is 5.77. The summed E-state index contributed by atoms with van der Waals surface area (Å²) in [6, 6.07) is 20.1. The van der Waals surface area contributed by atoms with Crippen molar-refractivity contribution in [3.8, 4) is 11.5 Å². The molecule has 3 aromatic rings. The summed E-state index contributed by atoms with van der Waals surface area (Å²) in [6.45, 7) is 4.49. The van der Waals surface area contributed by atoms with Crippen LogP contribution in [-0.4, -0.2) is 24.1 Å². The summed E-state index contributed by atoms with van der Waals surface area (Å²) in [6.07, 6.45) is 0. The van der Waals surface area contributed by atoms with E-state index in [0.717, 1.165) is 16.3 Å². The van der Waals surface area contributed by atoms with Crippen molar-refractivity contribution in [2.24, 2.45) is 0 Å². The molecule has 0 atom stereocenters. The third kappa shape index (κ3) is 3.78. The number of fused-ring (bicyclic) bond motifs is 2. The molecular formula is C24H22N2O3S. The van der Waals surface area contributed by atoms with E-state index in [1.165, 1.54) is 0 Å². The van der Waals surface area contributed by atoms with E-state index in [9.17, 15) is 9.59 Å². The molecule has 0 aliphatic carbocycles. The van der Waals surface area contributed by atoms with Crippen LogP contribution >= 0.6 is 11.8 Å². The third-order valence-electron chi connectivity index (χ3n) is 4.84. The fourth-order valence-corrected chi connectivity index (χ4v) is 4.25. The number of ether oxygens (including phenoxy) is 1. The minimum absolute atomic E-state index is 0.157. The van der Waals surface area contributed by atoms with Gasteiger partial charge in [-0.2, -0.15) is 0 Å². The number of carbonyl (C=O) groups excluding carboxylic acids is 2. The van der Waals surface area contributed by atoms with Gasteiger partial charge in [-0.25, -0.2) is 0 Å². The second-order valence-corrected chi connectivity index (χ2v) is 8.02. The predicted molar refractivity (Wildman–Crippen MR) is 121 cm³/mol. The van der Waals surface area contributed by atoms with Crippen LogP contribution in [0.4, 0.5) is 11.4 Å². The van der Waals surface area contributed by atoms with E-state index in [1.807, 2.05) is 49.4 Å². The lowest BCUT2D eigenvalue weighted by Crippen LogP contribution is -2.29. The van der Waals surface area contributed by atoms with Gasteiger partial charge in [0, 0.05) is 17.1 Å². The molecule has 1 heterocycles. The van der Waals surface area contributed by atoms with Crippen molar-refractivity contribution in [3.63, 3.8) is 0 Å². The van der Waals surface area contributed by atoms with Gasteiger partial charge in [0.2, 0.25) is 0 Å². The number of para-hydroxylation sites is 2. The van der Waals surface area contributed by atoms with E-state index in [1.54, 1.807) is 40.9 Å². The van der Waals surface area contributed by atoms with Gasteiger partial charge in [-0.05, 0) is 55.1 Å². The van der Waals surface area contributed by atoms with E-state index < -0.39 is 0 Å². The van der Waals surface area contributed by atoms with Gasteiger partial charge in [-0.1, -0.05) is 31.2 Å². The van der Waals surface area contributed by atoms with Crippen molar-refractivity contribution < 1.29 is 14.3 Å². The van der Waals surface area contributed by atoms with Gasteiger partial charge >= 0.3 is 0 Å². The molecule has 4 rings (SSSR count). The van der Waals surface area contributed by atoms with Crippen molar-refractivity contribution in [1.29, 1.82) is 0 Å². The number of hydrogen-bond donors (Lipinski definition) is 1. The Morgan fingerprint density at radius 2 is 1.77 bits per heavy atom. The number of nitrogens with one attached hydrogen (secondary N) is 1. The van der Waals surface area contributed by atoms with E-state index in [0.29, 0.717) is 34.9 Å². The first-order chi connectivity index (χ1) is 14.6. The lowest BCUT2D eigenvalue weighted by atomic mass is 10.1. The number of hydrogen-bond acceptors (Lipinski definition) is 4. The lowest BCUT2D eigenvalue weighted by Gasteiger charge is -2.19. The molecule has 0 fully saturated rings. The number of nitrogens with zero attached hydrogens (tertiary/aromatic N) is 1. The summed E-state index contributed by atoms with van der Waals surface area (Å²) >= 11 is 1.62. The number of carbonyl (C=O) groups is 2. The zero-order valence-corrected chi connectivity index (χ0v) is 17.7. The Labute approximate surface area is 180 Å². The van der Waals surface area contributed by atoms with Crippen LogP contribution < -0.4 is 15.0 Å². The van der Waals surface area contributed by atoms with E-state index in [2.05, 4.69) is 12.2 Å². The molecule has 30 heavy (non-hydrogen) atoms. The standard InChI is InChI=1S/C24H22N2O3S/c1-3-26-19-10-6-7-11-21(19)29-20-14-13-16(15-18(20)24(26)28)25-23(27)17-9-5-8-12-22(17)30-4-2/h5-15H,3-4H2,1-2H3,(H,25,27). The Morgan fingerprint density at radius 3 is 2.57 bits per heavy atom. The maximum absolute atomic E-state index is 13.2. The Bertz CT molecular complexity index is 1110. The first-order valence-electron chi connectivity index (χ1n) is 9.88. The lowest BCUT2D eigenvalue weighted by molar-refractivity contribution is 0.0985. The second kappa shape index (κ2) is 8.63. The first kappa shape index (κ1) is 20.0. The molecule has 1 N–H and O–H groups in total. The average molecular weight is 419 g/mol. The van der Waals surface area contributed by atoms with Gasteiger partial charge < -0.3 is 15.0 Å². The zero-order valence-electron chi connectivity index (χ0n) is 16.8. The molecule has 0 unspecified atom stereocenters. The van der Waals surface area contributed by atoms with Crippen LogP contribution in [0.5, 0.6) is 11.5 Å². The van der Waals surface area contributed by atoms with Crippen molar-refractivity contribution in [1.82, 2.24) is 0 Å². The van der Waals surface area contributed by atoms with E-state index in [-0.39, 0.29) is 11.8 Å². The van der Waals surface area contributed by atoms with E-state index >= 15 is 0 Å². The molecule has 0 saturated carbocycles. The molecular weight excluding hydrogens is 396 g/mol. The molecule has 5 nitrogen and oxygen atoms in total. The molecule has 0 saturated heterocycles. The highest BCUT2D eigenvalue weighted by molar-refractivity contribution is 7.99. The second-order valence-electron chi connectivity index (χ2n) is 6.71. The van der Waals surface area contributed by atoms with Crippen LogP contribution in [0.15, 0.2) is 71.6 Å². The van der Waals surface area contributed by atoms with Crippen LogP contribution in [0.25, 0.3) is 0 Å². The van der Waals surface area contributed by atoms with Crippen LogP contribution in [0, 0.1) is 0 Å². The molecule has 0 aromatic heterocycles. The fourth-order valence-electron chi connectivity index (χ4n) is 3.45. The van der Waals surface area contributed by atoms with Crippen LogP contribution in [0.3, 0.4) is 0 Å². The fraction of sp³-hybridized carbons (Fsp3) is 0.167. The quantitative estimate of drug-likeness (QED) is 0.530. The van der Waals surface area contributed by atoms with Crippen molar-refractivity contribution in [2.75, 3.05) is 22.5 Å². The van der Waals surface area contributed by atoms with Crippen LogP contribution in [0.1, 0.15) is 34.6 Å². The maximum atomic E-state index is 13.2. The summed E-state index contributed by atoms with van der Waals surface area (Å²) in [5.41, 5.74) is 2.32. The molecule has 0 spiro atoms. The van der Waals surface area contributed by atoms with Gasteiger partial charge in [-0.15, -0.1) is 11.8 Å². The maximum Gasteiger partial charge on any atom is 0.262 e. The highest BCUT2D eigenvalue weighted by Crippen LogP contribution is 2.39. The summed E-state index contributed by atoms with van der Waals surface area (Å²) < 4.78 is 6.02. The number of anilines is 2. The number of amides is 2. The normalized spacial score (nSPS) is 12.5. The molecule has 2 amide bonds. The molecule has 0 bridgehead atoms. The highest BCUT2D eigenvalue weighted by atomic mass is 32.2. The minimum atomic E-state index is -0.205. The summed E-state index contributed by atoms with van der Waals surface area (Å²) in [5.74, 6) is 1.62. The topological polar surface area (TPSA) is 58.6 Å². The van der Waals surface area contributed by atoms with Gasteiger partial charge in [0.05, 0.1) is 16.8 Å². The molecule has 1 aliphatic rings. The van der Waals surface area contributed by atoms with Crippen molar-refractivity contribution in [2.45, 2.75) is 18.7 Å². The zero-order chi connectivity index (χ0) is 21.1. The summed E-state index contributed by atoms with van der Waals surface area (Å²) in [5, 5.41) is 2.92. The Hall–Kier alpha value is -3.25. The smallest absolute Gasteiger partial charge is 0.262 e. The molecule has 0 radical (unpaired) electrons.